The summed E-state index contributed by atoms with van der Waals surface area (Å²) in [6.45, 7) is 4.51. The van der Waals surface area contributed by atoms with Crippen molar-refractivity contribution >= 4 is 12.6 Å². The van der Waals surface area contributed by atoms with E-state index in [4.69, 9.17) is 0 Å². The first-order valence-corrected chi connectivity index (χ1v) is 5.26. The zero-order valence-electron chi connectivity index (χ0n) is 7.85. The Balaban J connectivity index is 2.02. The number of hydrogen-bond donors (Lipinski definition) is 1. The standard InChI is InChI=1S/C11H15NS/c1-9(12-7-11(13)8-12)10-5-3-2-4-6-10/h2-6,9,11,13H,7-8H2,1H3/t9-/m1/s1. The highest BCUT2D eigenvalue weighted by atomic mass is 32.1. The normalized spacial score (nSPS) is 21.1. The summed E-state index contributed by atoms with van der Waals surface area (Å²) in [4.78, 5) is 2.45. The van der Waals surface area contributed by atoms with Gasteiger partial charge >= 0.3 is 0 Å². The Morgan fingerprint density at radius 2 is 1.92 bits per heavy atom. The molecular weight excluding hydrogens is 178 g/mol. The molecule has 1 saturated heterocycles. The molecule has 13 heavy (non-hydrogen) atoms. The van der Waals surface area contributed by atoms with Crippen molar-refractivity contribution < 1.29 is 0 Å². The molecule has 0 amide bonds. The first kappa shape index (κ1) is 9.10. The largest absolute Gasteiger partial charge is 0.294 e. The Hall–Kier alpha value is -0.470. The number of rotatable bonds is 2. The van der Waals surface area contributed by atoms with Gasteiger partial charge in [-0.15, -0.1) is 0 Å². The highest BCUT2D eigenvalue weighted by Gasteiger charge is 2.27. The zero-order chi connectivity index (χ0) is 9.26. The van der Waals surface area contributed by atoms with Gasteiger partial charge < -0.3 is 0 Å². The van der Waals surface area contributed by atoms with Gasteiger partial charge in [-0.3, -0.25) is 4.90 Å². The average Bonchev–Trinajstić information content (AvgIpc) is 2.13. The van der Waals surface area contributed by atoms with Crippen LogP contribution < -0.4 is 0 Å². The molecule has 1 fully saturated rings. The van der Waals surface area contributed by atoms with Crippen molar-refractivity contribution in [1.82, 2.24) is 4.90 Å². The minimum Gasteiger partial charge on any atom is -0.294 e. The van der Waals surface area contributed by atoms with Crippen molar-refractivity contribution in [1.29, 1.82) is 0 Å². The van der Waals surface area contributed by atoms with Crippen LogP contribution in [0.2, 0.25) is 0 Å². The summed E-state index contributed by atoms with van der Waals surface area (Å²) in [5, 5.41) is 0.589. The number of likely N-dealkylation sites (tertiary alicyclic amines) is 1. The quantitative estimate of drug-likeness (QED) is 0.706. The van der Waals surface area contributed by atoms with Crippen LogP contribution in [0, 0.1) is 0 Å². The molecular formula is C11H15NS. The lowest BCUT2D eigenvalue weighted by molar-refractivity contribution is 0.137. The van der Waals surface area contributed by atoms with Crippen LogP contribution in [-0.4, -0.2) is 23.2 Å². The van der Waals surface area contributed by atoms with E-state index in [0.29, 0.717) is 11.3 Å². The second-order valence-electron chi connectivity index (χ2n) is 3.69. The van der Waals surface area contributed by atoms with Gasteiger partial charge in [0.2, 0.25) is 0 Å². The fourth-order valence-corrected chi connectivity index (χ4v) is 2.17. The molecule has 1 aromatic rings. The molecule has 1 nitrogen and oxygen atoms in total. The first-order chi connectivity index (χ1) is 6.27. The Morgan fingerprint density at radius 1 is 1.31 bits per heavy atom. The molecule has 1 aliphatic heterocycles. The van der Waals surface area contributed by atoms with Crippen LogP contribution >= 0.6 is 12.6 Å². The molecule has 2 rings (SSSR count). The summed E-state index contributed by atoms with van der Waals surface area (Å²) in [6, 6.07) is 11.2. The second kappa shape index (κ2) is 3.72. The molecule has 1 atom stereocenters. The summed E-state index contributed by atoms with van der Waals surface area (Å²) >= 11 is 4.41. The Kier molecular flexibility index (Phi) is 2.61. The summed E-state index contributed by atoms with van der Waals surface area (Å²) < 4.78 is 0. The van der Waals surface area contributed by atoms with E-state index in [2.05, 4.69) is 54.8 Å². The maximum absolute atomic E-state index is 4.41. The van der Waals surface area contributed by atoms with Crippen LogP contribution in [-0.2, 0) is 0 Å². The molecule has 0 saturated carbocycles. The number of hydrogen-bond acceptors (Lipinski definition) is 2. The predicted octanol–water partition coefficient (Wildman–Crippen LogP) is 2.36. The maximum atomic E-state index is 4.41. The average molecular weight is 193 g/mol. The van der Waals surface area contributed by atoms with Gasteiger partial charge in [0, 0.05) is 24.4 Å². The highest BCUT2D eigenvalue weighted by Crippen LogP contribution is 2.26. The molecule has 0 aliphatic carbocycles. The minimum atomic E-state index is 0.546. The van der Waals surface area contributed by atoms with Crippen LogP contribution in [0.3, 0.4) is 0 Å². The van der Waals surface area contributed by atoms with Gasteiger partial charge in [0.1, 0.15) is 0 Å². The lowest BCUT2D eigenvalue weighted by Crippen LogP contribution is -2.48. The van der Waals surface area contributed by atoms with Gasteiger partial charge in [-0.2, -0.15) is 12.6 Å². The topological polar surface area (TPSA) is 3.24 Å². The van der Waals surface area contributed by atoms with Crippen molar-refractivity contribution in [3.05, 3.63) is 35.9 Å². The van der Waals surface area contributed by atoms with E-state index in [1.54, 1.807) is 0 Å². The van der Waals surface area contributed by atoms with Crippen LogP contribution in [0.5, 0.6) is 0 Å². The van der Waals surface area contributed by atoms with Crippen molar-refractivity contribution in [2.24, 2.45) is 0 Å². The van der Waals surface area contributed by atoms with Gasteiger partial charge in [-0.05, 0) is 12.5 Å². The third kappa shape index (κ3) is 1.89. The monoisotopic (exact) mass is 193 g/mol. The van der Waals surface area contributed by atoms with Crippen LogP contribution in [0.25, 0.3) is 0 Å². The Labute approximate surface area is 85.2 Å². The van der Waals surface area contributed by atoms with Crippen molar-refractivity contribution in [3.63, 3.8) is 0 Å². The zero-order valence-corrected chi connectivity index (χ0v) is 8.74. The van der Waals surface area contributed by atoms with E-state index in [9.17, 15) is 0 Å². The van der Waals surface area contributed by atoms with Crippen LogP contribution in [0.4, 0.5) is 0 Å². The molecule has 0 N–H and O–H groups in total. The smallest absolute Gasteiger partial charge is 0.0320 e. The molecule has 0 unspecified atom stereocenters. The first-order valence-electron chi connectivity index (χ1n) is 4.74. The van der Waals surface area contributed by atoms with Gasteiger partial charge in [0.05, 0.1) is 0 Å². The molecule has 2 heteroatoms. The van der Waals surface area contributed by atoms with Crippen LogP contribution in [0.15, 0.2) is 30.3 Å². The van der Waals surface area contributed by atoms with E-state index in [0.717, 1.165) is 13.1 Å². The van der Waals surface area contributed by atoms with Gasteiger partial charge in [-0.1, -0.05) is 30.3 Å². The number of nitrogens with zero attached hydrogens (tertiary/aromatic N) is 1. The fourth-order valence-electron chi connectivity index (χ4n) is 1.75. The van der Waals surface area contributed by atoms with E-state index in [1.807, 2.05) is 0 Å². The molecule has 1 aromatic carbocycles. The third-order valence-corrected chi connectivity index (χ3v) is 3.05. The highest BCUT2D eigenvalue weighted by molar-refractivity contribution is 7.81. The molecule has 70 valence electrons. The van der Waals surface area contributed by atoms with E-state index >= 15 is 0 Å². The second-order valence-corrected chi connectivity index (χ2v) is 4.42. The van der Waals surface area contributed by atoms with Crippen molar-refractivity contribution in [3.8, 4) is 0 Å². The Morgan fingerprint density at radius 3 is 2.46 bits per heavy atom. The van der Waals surface area contributed by atoms with Gasteiger partial charge in [-0.25, -0.2) is 0 Å². The molecule has 0 radical (unpaired) electrons. The van der Waals surface area contributed by atoms with Gasteiger partial charge in [0.25, 0.3) is 0 Å². The molecule has 0 aromatic heterocycles. The number of benzene rings is 1. The third-order valence-electron chi connectivity index (χ3n) is 2.72. The summed E-state index contributed by atoms with van der Waals surface area (Å²) in [7, 11) is 0. The van der Waals surface area contributed by atoms with Crippen LogP contribution in [0.1, 0.15) is 18.5 Å². The van der Waals surface area contributed by atoms with Crippen molar-refractivity contribution in [2.75, 3.05) is 13.1 Å². The molecule has 0 spiro atoms. The minimum absolute atomic E-state index is 0.546. The molecule has 1 heterocycles. The van der Waals surface area contributed by atoms with E-state index < -0.39 is 0 Å². The SMILES string of the molecule is C[C@H](c1ccccc1)N1CC(S)C1. The van der Waals surface area contributed by atoms with E-state index in [1.165, 1.54) is 5.56 Å². The predicted molar refractivity (Wildman–Crippen MR) is 59.2 cm³/mol. The number of thiol groups is 1. The Bertz CT molecular complexity index is 267. The molecule has 0 bridgehead atoms. The summed E-state index contributed by atoms with van der Waals surface area (Å²) in [6.07, 6.45) is 0. The molecule has 1 aliphatic rings. The summed E-state index contributed by atoms with van der Waals surface area (Å²) in [5.74, 6) is 0. The fraction of sp³-hybridized carbons (Fsp3) is 0.455. The van der Waals surface area contributed by atoms with Gasteiger partial charge in [0.15, 0.2) is 0 Å². The summed E-state index contributed by atoms with van der Waals surface area (Å²) in [5.41, 5.74) is 1.41. The maximum Gasteiger partial charge on any atom is 0.0320 e. The van der Waals surface area contributed by atoms with Crippen molar-refractivity contribution in [2.45, 2.75) is 18.2 Å². The lowest BCUT2D eigenvalue weighted by Gasteiger charge is -2.41. The lowest BCUT2D eigenvalue weighted by atomic mass is 10.0. The van der Waals surface area contributed by atoms with E-state index in [-0.39, 0.29) is 0 Å².